The first-order valence-electron chi connectivity index (χ1n) is 6.38. The maximum Gasteiger partial charge on any atom is 0.124 e. The van der Waals surface area contributed by atoms with Crippen LogP contribution >= 0.6 is 11.6 Å². The number of benzene rings is 1. The van der Waals surface area contributed by atoms with Gasteiger partial charge in [0, 0.05) is 36.8 Å². The van der Waals surface area contributed by atoms with Gasteiger partial charge in [-0.1, -0.05) is 17.7 Å². The molecule has 2 atom stereocenters. The SMILES string of the molecule is COc1cc(Cl)ccc1CN1C[C@H](OC)C[C@H]1CO. The molecule has 5 heteroatoms. The van der Waals surface area contributed by atoms with E-state index >= 15 is 0 Å². The van der Waals surface area contributed by atoms with Crippen LogP contribution < -0.4 is 4.74 Å². The second kappa shape index (κ2) is 6.57. The molecule has 1 saturated heterocycles. The van der Waals surface area contributed by atoms with Crippen LogP contribution in [0, 0.1) is 0 Å². The predicted octanol–water partition coefficient (Wildman–Crippen LogP) is 1.93. The Balaban J connectivity index is 2.12. The Hall–Kier alpha value is -0.810. The fraction of sp³-hybridized carbons (Fsp3) is 0.571. The van der Waals surface area contributed by atoms with E-state index in [0.29, 0.717) is 5.02 Å². The molecule has 0 unspecified atom stereocenters. The van der Waals surface area contributed by atoms with E-state index in [0.717, 1.165) is 30.8 Å². The van der Waals surface area contributed by atoms with Gasteiger partial charge in [-0.25, -0.2) is 0 Å². The monoisotopic (exact) mass is 285 g/mol. The van der Waals surface area contributed by atoms with Crippen LogP contribution in [-0.2, 0) is 11.3 Å². The Morgan fingerprint density at radius 2 is 2.21 bits per heavy atom. The van der Waals surface area contributed by atoms with Crippen molar-refractivity contribution < 1.29 is 14.6 Å². The average molecular weight is 286 g/mol. The molecule has 1 N–H and O–H groups in total. The second-order valence-corrected chi connectivity index (χ2v) is 5.25. The summed E-state index contributed by atoms with van der Waals surface area (Å²) in [4.78, 5) is 2.22. The minimum atomic E-state index is 0.144. The van der Waals surface area contributed by atoms with Crippen LogP contribution in [0.25, 0.3) is 0 Å². The van der Waals surface area contributed by atoms with Gasteiger partial charge in [0.15, 0.2) is 0 Å². The van der Waals surface area contributed by atoms with E-state index in [2.05, 4.69) is 4.90 Å². The number of likely N-dealkylation sites (tertiary alicyclic amines) is 1. The molecular weight excluding hydrogens is 266 g/mol. The number of aliphatic hydroxyl groups excluding tert-OH is 1. The van der Waals surface area contributed by atoms with Gasteiger partial charge in [-0.2, -0.15) is 0 Å². The van der Waals surface area contributed by atoms with E-state index in [4.69, 9.17) is 21.1 Å². The predicted molar refractivity (Wildman–Crippen MR) is 74.7 cm³/mol. The van der Waals surface area contributed by atoms with Gasteiger partial charge in [0.2, 0.25) is 0 Å². The van der Waals surface area contributed by atoms with Gasteiger partial charge < -0.3 is 14.6 Å². The van der Waals surface area contributed by atoms with Gasteiger partial charge in [0.1, 0.15) is 5.75 Å². The quantitative estimate of drug-likeness (QED) is 0.898. The zero-order valence-corrected chi connectivity index (χ0v) is 12.1. The Morgan fingerprint density at radius 1 is 1.42 bits per heavy atom. The highest BCUT2D eigenvalue weighted by Gasteiger charge is 2.31. The van der Waals surface area contributed by atoms with E-state index in [9.17, 15) is 5.11 Å². The van der Waals surface area contributed by atoms with Crippen molar-refractivity contribution in [2.75, 3.05) is 27.4 Å². The first kappa shape index (κ1) is 14.6. The first-order valence-corrected chi connectivity index (χ1v) is 6.75. The van der Waals surface area contributed by atoms with Crippen molar-refractivity contribution in [3.05, 3.63) is 28.8 Å². The van der Waals surface area contributed by atoms with Crippen LogP contribution in [0.2, 0.25) is 5.02 Å². The minimum absolute atomic E-state index is 0.144. The molecule has 0 saturated carbocycles. The van der Waals surface area contributed by atoms with Crippen molar-refractivity contribution in [3.8, 4) is 5.75 Å². The number of halogens is 1. The maximum absolute atomic E-state index is 9.45. The molecule has 0 bridgehead atoms. The highest BCUT2D eigenvalue weighted by Crippen LogP contribution is 2.28. The van der Waals surface area contributed by atoms with Crippen molar-refractivity contribution in [3.63, 3.8) is 0 Å². The van der Waals surface area contributed by atoms with Crippen molar-refractivity contribution >= 4 is 11.6 Å². The lowest BCUT2D eigenvalue weighted by molar-refractivity contribution is 0.107. The molecule has 1 aliphatic heterocycles. The lowest BCUT2D eigenvalue weighted by Gasteiger charge is -2.23. The lowest BCUT2D eigenvalue weighted by Crippen LogP contribution is -2.32. The molecule has 106 valence electrons. The molecule has 0 radical (unpaired) electrons. The van der Waals surface area contributed by atoms with Crippen LogP contribution in [0.5, 0.6) is 5.75 Å². The number of methoxy groups -OCH3 is 2. The molecule has 2 rings (SSSR count). The Bertz CT molecular complexity index is 427. The summed E-state index contributed by atoms with van der Waals surface area (Å²) in [5.41, 5.74) is 1.07. The molecule has 1 fully saturated rings. The van der Waals surface area contributed by atoms with E-state index in [1.807, 2.05) is 18.2 Å². The Morgan fingerprint density at radius 3 is 2.84 bits per heavy atom. The summed E-state index contributed by atoms with van der Waals surface area (Å²) in [7, 11) is 3.35. The van der Waals surface area contributed by atoms with Crippen LogP contribution in [0.4, 0.5) is 0 Å². The summed E-state index contributed by atoms with van der Waals surface area (Å²) in [5.74, 6) is 0.782. The van der Waals surface area contributed by atoms with Crippen molar-refractivity contribution in [1.82, 2.24) is 4.90 Å². The molecule has 0 amide bonds. The van der Waals surface area contributed by atoms with Crippen LogP contribution in [0.1, 0.15) is 12.0 Å². The van der Waals surface area contributed by atoms with Gasteiger partial charge in [0.05, 0.1) is 19.8 Å². The number of hydrogen-bond acceptors (Lipinski definition) is 4. The molecular formula is C14H20ClNO3. The van der Waals surface area contributed by atoms with E-state index < -0.39 is 0 Å². The number of nitrogens with zero attached hydrogens (tertiary/aromatic N) is 1. The third-order valence-corrected chi connectivity index (χ3v) is 3.89. The Kier molecular flexibility index (Phi) is 5.05. The number of aliphatic hydroxyl groups is 1. The normalized spacial score (nSPS) is 23.8. The van der Waals surface area contributed by atoms with E-state index in [1.54, 1.807) is 14.2 Å². The topological polar surface area (TPSA) is 41.9 Å². The maximum atomic E-state index is 9.45. The fourth-order valence-corrected chi connectivity index (χ4v) is 2.72. The van der Waals surface area contributed by atoms with Gasteiger partial charge in [0.25, 0.3) is 0 Å². The third-order valence-electron chi connectivity index (χ3n) is 3.66. The van der Waals surface area contributed by atoms with Crippen LogP contribution in [0.15, 0.2) is 18.2 Å². The highest BCUT2D eigenvalue weighted by molar-refractivity contribution is 6.30. The molecule has 19 heavy (non-hydrogen) atoms. The summed E-state index contributed by atoms with van der Waals surface area (Å²) in [6.45, 7) is 1.70. The molecule has 0 aromatic heterocycles. The number of rotatable bonds is 5. The smallest absolute Gasteiger partial charge is 0.124 e. The van der Waals surface area contributed by atoms with E-state index in [-0.39, 0.29) is 18.8 Å². The van der Waals surface area contributed by atoms with Gasteiger partial charge in [-0.15, -0.1) is 0 Å². The molecule has 1 heterocycles. The fourth-order valence-electron chi connectivity index (χ4n) is 2.56. The zero-order chi connectivity index (χ0) is 13.8. The summed E-state index contributed by atoms with van der Waals surface area (Å²) in [6.07, 6.45) is 1.05. The average Bonchev–Trinajstić information content (AvgIpc) is 2.83. The highest BCUT2D eigenvalue weighted by atomic mass is 35.5. The Labute approximate surface area is 118 Å². The van der Waals surface area contributed by atoms with Crippen LogP contribution in [-0.4, -0.2) is 49.5 Å². The second-order valence-electron chi connectivity index (χ2n) is 4.82. The number of hydrogen-bond donors (Lipinski definition) is 1. The molecule has 0 aliphatic carbocycles. The lowest BCUT2D eigenvalue weighted by atomic mass is 10.1. The van der Waals surface area contributed by atoms with Gasteiger partial charge >= 0.3 is 0 Å². The molecule has 1 aromatic rings. The van der Waals surface area contributed by atoms with Crippen LogP contribution in [0.3, 0.4) is 0 Å². The third kappa shape index (κ3) is 3.39. The minimum Gasteiger partial charge on any atom is -0.496 e. The standard InChI is InChI=1S/C14H20ClNO3/c1-18-13-6-12(9-17)16(8-13)7-10-3-4-11(15)5-14(10)19-2/h3-5,12-13,17H,6-9H2,1-2H3/t12-,13+/m0/s1. The summed E-state index contributed by atoms with van der Waals surface area (Å²) in [6, 6.07) is 5.78. The molecule has 1 aromatic carbocycles. The zero-order valence-electron chi connectivity index (χ0n) is 11.3. The van der Waals surface area contributed by atoms with Crippen molar-refractivity contribution in [2.45, 2.75) is 25.1 Å². The largest absolute Gasteiger partial charge is 0.496 e. The van der Waals surface area contributed by atoms with Gasteiger partial charge in [-0.05, 0) is 18.6 Å². The summed E-state index contributed by atoms with van der Waals surface area (Å²) in [5, 5.41) is 10.1. The summed E-state index contributed by atoms with van der Waals surface area (Å²) >= 11 is 5.96. The number of ether oxygens (including phenoxy) is 2. The molecule has 4 nitrogen and oxygen atoms in total. The van der Waals surface area contributed by atoms with Crippen molar-refractivity contribution in [2.24, 2.45) is 0 Å². The first-order chi connectivity index (χ1) is 9.17. The van der Waals surface area contributed by atoms with Gasteiger partial charge in [-0.3, -0.25) is 4.90 Å². The summed E-state index contributed by atoms with van der Waals surface area (Å²) < 4.78 is 10.7. The molecule has 0 spiro atoms. The molecule has 1 aliphatic rings. The van der Waals surface area contributed by atoms with E-state index in [1.165, 1.54) is 0 Å². The van der Waals surface area contributed by atoms with Crippen molar-refractivity contribution in [1.29, 1.82) is 0 Å².